The Morgan fingerprint density at radius 1 is 1.30 bits per heavy atom. The molecular formula is C14H26N2O3S. The first-order chi connectivity index (χ1) is 9.38. The molecule has 1 rings (SSSR count). The van der Waals surface area contributed by atoms with E-state index in [0.717, 1.165) is 0 Å². The maximum Gasteiger partial charge on any atom is 0.228 e. The topological polar surface area (TPSA) is 64.8 Å². The normalized spacial score (nSPS) is 29.4. The maximum atomic E-state index is 12.7. The maximum absolute atomic E-state index is 12.7. The van der Waals surface area contributed by atoms with E-state index in [-0.39, 0.29) is 30.0 Å². The van der Waals surface area contributed by atoms with Crippen LogP contribution < -0.4 is 5.73 Å². The van der Waals surface area contributed by atoms with Gasteiger partial charge in [0, 0.05) is 26.6 Å². The van der Waals surface area contributed by atoms with Crippen LogP contribution in [0.2, 0.25) is 0 Å². The number of nitrogens with zero attached hydrogens (tertiary/aromatic N) is 1. The minimum absolute atomic E-state index is 0.0534. The SMILES string of the molecule is COCCN(CCC(N)=S)C(=O)C1C(C)OC(C)C1C. The lowest BCUT2D eigenvalue weighted by molar-refractivity contribution is -0.138. The van der Waals surface area contributed by atoms with Crippen molar-refractivity contribution in [3.63, 3.8) is 0 Å². The smallest absolute Gasteiger partial charge is 0.228 e. The standard InChI is InChI=1S/C14H26N2O3S/c1-9-10(2)19-11(3)13(9)14(17)16(7-8-18-4)6-5-12(15)20/h9-11,13H,5-8H2,1-4H3,(H2,15,20). The summed E-state index contributed by atoms with van der Waals surface area (Å²) in [5.74, 6) is 0.225. The Hall–Kier alpha value is -0.720. The Balaban J connectivity index is 2.72. The fourth-order valence-corrected chi connectivity index (χ4v) is 2.77. The van der Waals surface area contributed by atoms with E-state index < -0.39 is 0 Å². The molecule has 1 saturated heterocycles. The molecule has 5 nitrogen and oxygen atoms in total. The van der Waals surface area contributed by atoms with Crippen LogP contribution in [0.5, 0.6) is 0 Å². The van der Waals surface area contributed by atoms with Crippen LogP contribution in [0.3, 0.4) is 0 Å². The summed E-state index contributed by atoms with van der Waals surface area (Å²) in [4.78, 5) is 15.0. The highest BCUT2D eigenvalue weighted by Gasteiger charge is 2.43. The lowest BCUT2D eigenvalue weighted by Crippen LogP contribution is -2.43. The van der Waals surface area contributed by atoms with Crippen molar-refractivity contribution in [3.05, 3.63) is 0 Å². The van der Waals surface area contributed by atoms with E-state index in [9.17, 15) is 4.79 Å². The van der Waals surface area contributed by atoms with Gasteiger partial charge in [-0.1, -0.05) is 19.1 Å². The fraction of sp³-hybridized carbons (Fsp3) is 0.857. The van der Waals surface area contributed by atoms with E-state index in [1.165, 1.54) is 0 Å². The number of rotatable bonds is 7. The highest BCUT2D eigenvalue weighted by Crippen LogP contribution is 2.33. The van der Waals surface area contributed by atoms with Gasteiger partial charge in [-0.2, -0.15) is 0 Å². The van der Waals surface area contributed by atoms with Crippen LogP contribution in [0.15, 0.2) is 0 Å². The van der Waals surface area contributed by atoms with Gasteiger partial charge in [-0.15, -0.1) is 0 Å². The predicted molar refractivity (Wildman–Crippen MR) is 82.5 cm³/mol. The number of methoxy groups -OCH3 is 1. The average molecular weight is 302 g/mol. The van der Waals surface area contributed by atoms with E-state index in [0.29, 0.717) is 31.1 Å². The zero-order valence-electron chi connectivity index (χ0n) is 12.8. The lowest BCUT2D eigenvalue weighted by Gasteiger charge is -2.28. The van der Waals surface area contributed by atoms with Crippen LogP contribution in [0.4, 0.5) is 0 Å². The fourth-order valence-electron chi connectivity index (χ4n) is 2.68. The third kappa shape index (κ3) is 4.40. The van der Waals surface area contributed by atoms with Crippen molar-refractivity contribution in [3.8, 4) is 0 Å². The largest absolute Gasteiger partial charge is 0.393 e. The molecule has 0 bridgehead atoms. The summed E-state index contributed by atoms with van der Waals surface area (Å²) in [6.45, 7) is 7.66. The zero-order valence-corrected chi connectivity index (χ0v) is 13.6. The molecule has 0 aromatic heterocycles. The van der Waals surface area contributed by atoms with E-state index in [2.05, 4.69) is 6.92 Å². The molecule has 20 heavy (non-hydrogen) atoms. The molecule has 1 fully saturated rings. The quantitative estimate of drug-likeness (QED) is 0.716. The van der Waals surface area contributed by atoms with Crippen LogP contribution in [-0.2, 0) is 14.3 Å². The predicted octanol–water partition coefficient (Wildman–Crippen LogP) is 1.20. The number of ether oxygens (including phenoxy) is 2. The van der Waals surface area contributed by atoms with Gasteiger partial charge in [0.1, 0.15) is 0 Å². The van der Waals surface area contributed by atoms with Gasteiger partial charge in [0.2, 0.25) is 5.91 Å². The van der Waals surface area contributed by atoms with Gasteiger partial charge in [-0.05, 0) is 19.8 Å². The lowest BCUT2D eigenvalue weighted by atomic mass is 9.88. The van der Waals surface area contributed by atoms with Gasteiger partial charge in [-0.3, -0.25) is 4.79 Å². The molecule has 1 aliphatic rings. The third-order valence-electron chi connectivity index (χ3n) is 4.03. The molecule has 4 atom stereocenters. The second-order valence-electron chi connectivity index (χ2n) is 5.47. The van der Waals surface area contributed by atoms with Crippen molar-refractivity contribution in [1.29, 1.82) is 0 Å². The van der Waals surface area contributed by atoms with Crippen LogP contribution >= 0.6 is 12.2 Å². The minimum atomic E-state index is -0.104. The Morgan fingerprint density at radius 3 is 2.40 bits per heavy atom. The molecule has 4 unspecified atom stereocenters. The first-order valence-corrected chi connectivity index (χ1v) is 7.50. The van der Waals surface area contributed by atoms with Crippen molar-refractivity contribution in [2.75, 3.05) is 26.8 Å². The number of hydrogen-bond acceptors (Lipinski definition) is 4. The van der Waals surface area contributed by atoms with Crippen LogP contribution in [-0.4, -0.2) is 54.8 Å². The second kappa shape index (κ2) is 7.90. The molecule has 0 spiro atoms. The Bertz CT molecular complexity index is 351. The van der Waals surface area contributed by atoms with Gasteiger partial charge < -0.3 is 20.1 Å². The monoisotopic (exact) mass is 302 g/mol. The van der Waals surface area contributed by atoms with Crippen LogP contribution in [0.1, 0.15) is 27.2 Å². The Morgan fingerprint density at radius 2 is 1.95 bits per heavy atom. The van der Waals surface area contributed by atoms with Crippen molar-refractivity contribution >= 4 is 23.1 Å². The van der Waals surface area contributed by atoms with Crippen LogP contribution in [0, 0.1) is 11.8 Å². The summed E-state index contributed by atoms with van der Waals surface area (Å²) in [5.41, 5.74) is 5.54. The molecule has 1 amide bonds. The zero-order chi connectivity index (χ0) is 15.3. The summed E-state index contributed by atoms with van der Waals surface area (Å²) < 4.78 is 10.8. The molecule has 0 aliphatic carbocycles. The summed E-state index contributed by atoms with van der Waals surface area (Å²) >= 11 is 4.90. The van der Waals surface area contributed by atoms with E-state index in [1.54, 1.807) is 12.0 Å². The van der Waals surface area contributed by atoms with E-state index in [4.69, 9.17) is 27.4 Å². The molecule has 0 radical (unpaired) electrons. The summed E-state index contributed by atoms with van der Waals surface area (Å²) in [6.07, 6.45) is 0.595. The molecule has 1 aliphatic heterocycles. The van der Waals surface area contributed by atoms with Gasteiger partial charge in [0.15, 0.2) is 0 Å². The number of nitrogens with two attached hydrogens (primary N) is 1. The number of carbonyl (C=O) groups is 1. The summed E-state index contributed by atoms with van der Waals surface area (Å²) in [6, 6.07) is 0. The number of hydrogen-bond donors (Lipinski definition) is 1. The third-order valence-corrected chi connectivity index (χ3v) is 4.24. The highest BCUT2D eigenvalue weighted by atomic mass is 32.1. The Labute approximate surface area is 126 Å². The minimum Gasteiger partial charge on any atom is -0.393 e. The van der Waals surface area contributed by atoms with Gasteiger partial charge in [0.25, 0.3) is 0 Å². The van der Waals surface area contributed by atoms with Crippen LogP contribution in [0.25, 0.3) is 0 Å². The van der Waals surface area contributed by atoms with Gasteiger partial charge >= 0.3 is 0 Å². The molecule has 0 saturated carbocycles. The molecule has 1 heterocycles. The second-order valence-corrected chi connectivity index (χ2v) is 5.99. The summed E-state index contributed by atoms with van der Waals surface area (Å²) in [5, 5.41) is 0. The van der Waals surface area contributed by atoms with Crippen molar-refractivity contribution in [1.82, 2.24) is 4.90 Å². The molecular weight excluding hydrogens is 276 g/mol. The van der Waals surface area contributed by atoms with Crippen molar-refractivity contribution < 1.29 is 14.3 Å². The number of amides is 1. The summed E-state index contributed by atoms with van der Waals surface area (Å²) in [7, 11) is 1.63. The van der Waals surface area contributed by atoms with Crippen molar-refractivity contribution in [2.45, 2.75) is 39.4 Å². The first kappa shape index (κ1) is 17.3. The number of carbonyl (C=O) groups excluding carboxylic acids is 1. The average Bonchev–Trinajstić information content (AvgIpc) is 2.62. The van der Waals surface area contributed by atoms with Gasteiger partial charge in [0.05, 0.1) is 29.7 Å². The number of thiocarbonyl (C=S) groups is 1. The molecule has 6 heteroatoms. The first-order valence-electron chi connectivity index (χ1n) is 7.10. The van der Waals surface area contributed by atoms with Gasteiger partial charge in [-0.25, -0.2) is 0 Å². The molecule has 116 valence electrons. The molecule has 0 aromatic carbocycles. The Kier molecular flexibility index (Phi) is 6.85. The molecule has 0 aromatic rings. The van der Waals surface area contributed by atoms with E-state index in [1.807, 2.05) is 13.8 Å². The molecule has 2 N–H and O–H groups in total. The highest BCUT2D eigenvalue weighted by molar-refractivity contribution is 7.80. The van der Waals surface area contributed by atoms with Crippen molar-refractivity contribution in [2.24, 2.45) is 17.6 Å². The van der Waals surface area contributed by atoms with E-state index >= 15 is 0 Å².